The quantitative estimate of drug-likeness (QED) is 0.776. The fourth-order valence-corrected chi connectivity index (χ4v) is 1.62. The Balaban J connectivity index is 2.67. The standard InChI is InChI=1S/C15H22BNO3/c1-14(2)15(3,4)20-16(19-14)12-9-7-11(8-10-12)13(18)17(5)6/h7-10H,1-6H3/i5D3,6D3,7D,8D,9D,10D. The lowest BCUT2D eigenvalue weighted by molar-refractivity contribution is 0.00578. The Hall–Kier alpha value is -1.33. The summed E-state index contributed by atoms with van der Waals surface area (Å²) in [5.41, 5.74) is -2.91. The molecule has 0 bridgehead atoms. The lowest BCUT2D eigenvalue weighted by Crippen LogP contribution is -2.41. The maximum atomic E-state index is 12.8. The van der Waals surface area contributed by atoms with Gasteiger partial charge in [0.1, 0.15) is 0 Å². The van der Waals surface area contributed by atoms with Crippen LogP contribution in [0, 0.1) is 0 Å². The van der Waals surface area contributed by atoms with Crippen LogP contribution in [0.2, 0.25) is 0 Å². The van der Waals surface area contributed by atoms with Gasteiger partial charge in [-0.2, -0.15) is 0 Å². The number of rotatable bonds is 2. The molecule has 108 valence electrons. The highest BCUT2D eigenvalue weighted by atomic mass is 16.7. The van der Waals surface area contributed by atoms with Gasteiger partial charge in [-0.25, -0.2) is 0 Å². The summed E-state index contributed by atoms with van der Waals surface area (Å²) in [6.07, 6.45) is 0. The van der Waals surface area contributed by atoms with E-state index in [-0.39, 0.29) is 5.46 Å². The second kappa shape index (κ2) is 4.90. The third-order valence-corrected chi connectivity index (χ3v) is 3.55. The highest BCUT2D eigenvalue weighted by Crippen LogP contribution is 2.36. The number of carbonyl (C=O) groups excluding carboxylic acids is 1. The number of carbonyl (C=O) groups is 1. The van der Waals surface area contributed by atoms with Crippen LogP contribution in [0.15, 0.2) is 24.2 Å². The van der Waals surface area contributed by atoms with Gasteiger partial charge in [0.2, 0.25) is 0 Å². The minimum atomic E-state index is -3.39. The van der Waals surface area contributed by atoms with Crippen molar-refractivity contribution in [1.82, 2.24) is 4.90 Å². The molecule has 1 aliphatic heterocycles. The minimum absolute atomic E-state index is 0.269. The van der Waals surface area contributed by atoms with Crippen LogP contribution in [0.4, 0.5) is 0 Å². The molecule has 1 aliphatic rings. The van der Waals surface area contributed by atoms with Crippen LogP contribution in [0.1, 0.15) is 51.8 Å². The summed E-state index contributed by atoms with van der Waals surface area (Å²) in [6.45, 7) is 0.127. The molecular weight excluding hydrogens is 253 g/mol. The van der Waals surface area contributed by atoms with Crippen LogP contribution in [-0.4, -0.2) is 43.1 Å². The third kappa shape index (κ3) is 2.60. The molecule has 0 unspecified atom stereocenters. The van der Waals surface area contributed by atoms with Gasteiger partial charge in [-0.3, -0.25) is 4.79 Å². The number of hydrogen-bond acceptors (Lipinski definition) is 3. The molecule has 0 saturated carbocycles. The van der Waals surface area contributed by atoms with Gasteiger partial charge in [-0.15, -0.1) is 0 Å². The van der Waals surface area contributed by atoms with E-state index in [4.69, 9.17) is 23.0 Å². The van der Waals surface area contributed by atoms with Gasteiger partial charge in [0, 0.05) is 27.7 Å². The highest BCUT2D eigenvalue weighted by molar-refractivity contribution is 6.62. The number of benzene rings is 1. The molecule has 0 spiro atoms. The average Bonchev–Trinajstić information content (AvgIpc) is 2.70. The van der Waals surface area contributed by atoms with Gasteiger partial charge < -0.3 is 14.2 Å². The Morgan fingerprint density at radius 2 is 1.65 bits per heavy atom. The Labute approximate surface area is 135 Å². The zero-order chi connectivity index (χ0) is 23.6. The van der Waals surface area contributed by atoms with Crippen molar-refractivity contribution in [2.24, 2.45) is 0 Å². The van der Waals surface area contributed by atoms with Crippen LogP contribution in [0.3, 0.4) is 0 Å². The second-order valence-electron chi connectivity index (χ2n) is 5.52. The SMILES string of the molecule is [2H]c1c([2H])c(C(=O)N(C([2H])([2H])[2H])C([2H])([2H])[2H])c([2H])c([2H])c1B1OC(C)(C)C(C)(C)O1. The maximum Gasteiger partial charge on any atom is 0.494 e. The molecule has 0 N–H and O–H groups in total. The first-order chi connectivity index (χ1) is 13.2. The smallest absolute Gasteiger partial charge is 0.399 e. The number of nitrogens with zero attached hydrogens (tertiary/aromatic N) is 1. The molecule has 1 amide bonds. The Morgan fingerprint density at radius 1 is 1.15 bits per heavy atom. The lowest BCUT2D eigenvalue weighted by Gasteiger charge is -2.32. The number of amides is 1. The largest absolute Gasteiger partial charge is 0.494 e. The van der Waals surface area contributed by atoms with Crippen molar-refractivity contribution in [2.45, 2.75) is 38.9 Å². The summed E-state index contributed by atoms with van der Waals surface area (Å²) < 4.78 is 88.5. The van der Waals surface area contributed by atoms with Gasteiger partial charge in [0.05, 0.1) is 16.7 Å². The van der Waals surface area contributed by atoms with Crippen molar-refractivity contribution in [1.29, 1.82) is 0 Å². The Kier molecular flexibility index (Phi) is 1.62. The zero-order valence-electron chi connectivity index (χ0n) is 21.7. The van der Waals surface area contributed by atoms with E-state index < -0.39 is 72.8 Å². The molecule has 2 rings (SSSR count). The fraction of sp³-hybridized carbons (Fsp3) is 0.533. The van der Waals surface area contributed by atoms with Gasteiger partial charge in [-0.05, 0) is 45.2 Å². The molecule has 1 aromatic carbocycles. The van der Waals surface area contributed by atoms with E-state index in [2.05, 4.69) is 0 Å². The second-order valence-corrected chi connectivity index (χ2v) is 5.52. The van der Waals surface area contributed by atoms with Crippen molar-refractivity contribution in [2.75, 3.05) is 14.0 Å². The molecule has 1 fully saturated rings. The Bertz CT molecular complexity index is 822. The molecule has 4 nitrogen and oxygen atoms in total. The van der Waals surface area contributed by atoms with Crippen LogP contribution < -0.4 is 5.46 Å². The summed E-state index contributed by atoms with van der Waals surface area (Å²) >= 11 is 0. The van der Waals surface area contributed by atoms with Crippen molar-refractivity contribution in [3.05, 3.63) is 29.7 Å². The predicted octanol–water partition coefficient (Wildman–Crippen LogP) is 1.69. The third-order valence-electron chi connectivity index (χ3n) is 3.55. The molecule has 5 heteroatoms. The molecule has 20 heavy (non-hydrogen) atoms. The first kappa shape index (κ1) is 6.63. The molecule has 1 aromatic rings. The van der Waals surface area contributed by atoms with Gasteiger partial charge in [0.15, 0.2) is 0 Å². The van der Waals surface area contributed by atoms with Crippen molar-refractivity contribution in [3.8, 4) is 0 Å². The van der Waals surface area contributed by atoms with Crippen LogP contribution >= 0.6 is 0 Å². The zero-order valence-corrected chi connectivity index (χ0v) is 11.7. The Morgan fingerprint density at radius 3 is 2.10 bits per heavy atom. The lowest BCUT2D eigenvalue weighted by atomic mass is 9.79. The predicted molar refractivity (Wildman–Crippen MR) is 80.2 cm³/mol. The average molecular weight is 285 g/mol. The summed E-state index contributed by atoms with van der Waals surface area (Å²) in [4.78, 5) is 12.4. The fourth-order valence-electron chi connectivity index (χ4n) is 1.62. The molecule has 0 aliphatic carbocycles. The summed E-state index contributed by atoms with van der Waals surface area (Å²) in [5.74, 6) is -1.66. The van der Waals surface area contributed by atoms with Gasteiger partial charge in [-0.1, -0.05) is 12.1 Å². The summed E-state index contributed by atoms with van der Waals surface area (Å²) in [6, 6.07) is -3.14. The van der Waals surface area contributed by atoms with E-state index in [0.29, 0.717) is 0 Å². The minimum Gasteiger partial charge on any atom is -0.399 e. The first-order valence-electron chi connectivity index (χ1n) is 11.0. The van der Waals surface area contributed by atoms with Gasteiger partial charge >= 0.3 is 7.12 Å². The van der Waals surface area contributed by atoms with Crippen LogP contribution in [0.5, 0.6) is 0 Å². The van der Waals surface area contributed by atoms with E-state index in [1.54, 1.807) is 27.7 Å². The van der Waals surface area contributed by atoms with E-state index in [0.717, 1.165) is 0 Å². The van der Waals surface area contributed by atoms with Crippen LogP contribution in [-0.2, 0) is 9.31 Å². The van der Waals surface area contributed by atoms with E-state index >= 15 is 0 Å². The van der Waals surface area contributed by atoms with E-state index in [1.165, 1.54) is 0 Å². The topological polar surface area (TPSA) is 38.8 Å². The molecule has 1 heterocycles. The monoisotopic (exact) mass is 285 g/mol. The van der Waals surface area contributed by atoms with Gasteiger partial charge in [0.25, 0.3) is 5.91 Å². The van der Waals surface area contributed by atoms with E-state index in [9.17, 15) is 4.79 Å². The van der Waals surface area contributed by atoms with E-state index in [1.807, 2.05) is 0 Å². The van der Waals surface area contributed by atoms with Crippen molar-refractivity contribution < 1.29 is 27.8 Å². The summed E-state index contributed by atoms with van der Waals surface area (Å²) in [5, 5.41) is 0. The van der Waals surface area contributed by atoms with Crippen molar-refractivity contribution >= 4 is 18.5 Å². The van der Waals surface area contributed by atoms with Crippen molar-refractivity contribution in [3.63, 3.8) is 0 Å². The highest BCUT2D eigenvalue weighted by Gasteiger charge is 2.51. The molecule has 1 saturated heterocycles. The molecule has 0 radical (unpaired) electrons. The van der Waals surface area contributed by atoms with Crippen LogP contribution in [0.25, 0.3) is 0 Å². The molecule has 0 aromatic heterocycles. The molecular formula is C15H22BNO3. The number of hydrogen-bond donors (Lipinski definition) is 0. The normalized spacial score (nSPS) is 28.5. The summed E-state index contributed by atoms with van der Waals surface area (Å²) in [7, 11) is -1.27. The first-order valence-corrected chi connectivity index (χ1v) is 6.04. The maximum absolute atomic E-state index is 12.8. The molecule has 0 atom stereocenters.